The summed E-state index contributed by atoms with van der Waals surface area (Å²) in [6.07, 6.45) is 2.13. The van der Waals surface area contributed by atoms with Gasteiger partial charge in [0.05, 0.1) is 12.6 Å². The number of carbonyl (C=O) groups excluding carboxylic acids is 2. The van der Waals surface area contributed by atoms with Gasteiger partial charge in [0.2, 0.25) is 0 Å². The van der Waals surface area contributed by atoms with E-state index < -0.39 is 0 Å². The second-order valence-electron chi connectivity index (χ2n) is 8.18. The zero-order valence-corrected chi connectivity index (χ0v) is 17.6. The van der Waals surface area contributed by atoms with E-state index in [-0.39, 0.29) is 23.5 Å². The molecule has 2 heterocycles. The van der Waals surface area contributed by atoms with Crippen LogP contribution >= 0.6 is 11.3 Å². The Kier molecular flexibility index (Phi) is 6.52. The molecule has 0 spiro atoms. The molecule has 5 nitrogen and oxygen atoms in total. The molecule has 1 aliphatic rings. The molecule has 28 heavy (non-hydrogen) atoms. The van der Waals surface area contributed by atoms with Crippen LogP contribution in [0, 0.1) is 0 Å². The quantitative estimate of drug-likeness (QED) is 0.794. The molecule has 6 heteroatoms. The molecule has 1 aromatic heterocycles. The van der Waals surface area contributed by atoms with E-state index >= 15 is 0 Å². The van der Waals surface area contributed by atoms with Crippen LogP contribution in [0.5, 0.6) is 0 Å². The summed E-state index contributed by atoms with van der Waals surface area (Å²) in [7, 11) is 0. The lowest BCUT2D eigenvalue weighted by Crippen LogP contribution is -2.40. The maximum absolute atomic E-state index is 13.1. The van der Waals surface area contributed by atoms with Crippen LogP contribution in [0.2, 0.25) is 0 Å². The van der Waals surface area contributed by atoms with Gasteiger partial charge in [-0.15, -0.1) is 11.3 Å². The standard InChI is InChI=1S/C22H28N2O3S/c1-22(2,3)23-20(25)16-8-10-17(11-9-16)21(26)24(14-18-6-4-12-27-18)15-19-7-5-13-28-19/h5,7-11,13,18H,4,6,12,14-15H2,1-3H3,(H,23,25). The first-order chi connectivity index (χ1) is 13.3. The lowest BCUT2D eigenvalue weighted by Gasteiger charge is -2.25. The average molecular weight is 401 g/mol. The SMILES string of the molecule is CC(C)(C)NC(=O)c1ccc(C(=O)N(Cc2cccs2)CC2CCCO2)cc1. The van der Waals surface area contributed by atoms with Crippen LogP contribution in [0.1, 0.15) is 59.2 Å². The van der Waals surface area contributed by atoms with Crippen molar-refractivity contribution < 1.29 is 14.3 Å². The van der Waals surface area contributed by atoms with Crippen LogP contribution in [-0.2, 0) is 11.3 Å². The molecule has 150 valence electrons. The third kappa shape index (κ3) is 5.66. The van der Waals surface area contributed by atoms with Gasteiger partial charge in [-0.2, -0.15) is 0 Å². The zero-order valence-electron chi connectivity index (χ0n) is 16.7. The molecule has 1 unspecified atom stereocenters. The van der Waals surface area contributed by atoms with Crippen LogP contribution in [0.15, 0.2) is 41.8 Å². The van der Waals surface area contributed by atoms with Crippen molar-refractivity contribution in [1.29, 1.82) is 0 Å². The molecule has 0 saturated carbocycles. The van der Waals surface area contributed by atoms with E-state index in [4.69, 9.17) is 4.74 Å². The Morgan fingerprint density at radius 3 is 2.46 bits per heavy atom. The van der Waals surface area contributed by atoms with Crippen LogP contribution in [0.25, 0.3) is 0 Å². The first kappa shape index (κ1) is 20.6. The van der Waals surface area contributed by atoms with Crippen molar-refractivity contribution in [3.05, 3.63) is 57.8 Å². The largest absolute Gasteiger partial charge is 0.376 e. The summed E-state index contributed by atoms with van der Waals surface area (Å²) in [6, 6.07) is 10.9. The normalized spacial score (nSPS) is 16.8. The minimum atomic E-state index is -0.301. The van der Waals surface area contributed by atoms with E-state index in [2.05, 4.69) is 5.32 Å². The second-order valence-corrected chi connectivity index (χ2v) is 9.21. The number of nitrogens with one attached hydrogen (secondary N) is 1. The highest BCUT2D eigenvalue weighted by Crippen LogP contribution is 2.19. The predicted molar refractivity (Wildman–Crippen MR) is 112 cm³/mol. The van der Waals surface area contributed by atoms with Gasteiger partial charge in [0.25, 0.3) is 11.8 Å². The minimum absolute atomic E-state index is 0.0355. The van der Waals surface area contributed by atoms with Gasteiger partial charge >= 0.3 is 0 Å². The molecule has 0 aliphatic carbocycles. The zero-order chi connectivity index (χ0) is 20.1. The van der Waals surface area contributed by atoms with Gasteiger partial charge in [0.1, 0.15) is 0 Å². The number of nitrogens with zero attached hydrogens (tertiary/aromatic N) is 1. The molecule has 1 aliphatic heterocycles. The number of carbonyl (C=O) groups is 2. The van der Waals surface area contributed by atoms with Gasteiger partial charge in [0.15, 0.2) is 0 Å². The van der Waals surface area contributed by atoms with Crippen molar-refractivity contribution in [2.24, 2.45) is 0 Å². The molecule has 3 rings (SSSR count). The molecule has 2 amide bonds. The highest BCUT2D eigenvalue weighted by Gasteiger charge is 2.24. The first-order valence-electron chi connectivity index (χ1n) is 9.68. The Morgan fingerprint density at radius 1 is 1.18 bits per heavy atom. The van der Waals surface area contributed by atoms with Gasteiger partial charge in [-0.05, 0) is 69.3 Å². The highest BCUT2D eigenvalue weighted by molar-refractivity contribution is 7.09. The highest BCUT2D eigenvalue weighted by atomic mass is 32.1. The maximum atomic E-state index is 13.1. The lowest BCUT2D eigenvalue weighted by molar-refractivity contribution is 0.0509. The molecule has 0 bridgehead atoms. The minimum Gasteiger partial charge on any atom is -0.376 e. The van der Waals surface area contributed by atoms with Crippen LogP contribution in [0.4, 0.5) is 0 Å². The number of thiophene rings is 1. The van der Waals surface area contributed by atoms with Gasteiger partial charge < -0.3 is 15.0 Å². The number of hydrogen-bond acceptors (Lipinski definition) is 4. The van der Waals surface area contributed by atoms with Crippen molar-refractivity contribution in [3.8, 4) is 0 Å². The summed E-state index contributed by atoms with van der Waals surface area (Å²) in [6.45, 7) is 7.75. The summed E-state index contributed by atoms with van der Waals surface area (Å²) in [4.78, 5) is 28.4. The summed E-state index contributed by atoms with van der Waals surface area (Å²) >= 11 is 1.65. The molecule has 1 atom stereocenters. The topological polar surface area (TPSA) is 58.6 Å². The van der Waals surface area contributed by atoms with Crippen molar-refractivity contribution in [1.82, 2.24) is 10.2 Å². The number of amides is 2. The van der Waals surface area contributed by atoms with E-state index in [0.29, 0.717) is 24.2 Å². The van der Waals surface area contributed by atoms with Crippen molar-refractivity contribution in [3.63, 3.8) is 0 Å². The fraction of sp³-hybridized carbons (Fsp3) is 0.455. The monoisotopic (exact) mass is 400 g/mol. The van der Waals surface area contributed by atoms with Gasteiger partial charge in [-0.3, -0.25) is 9.59 Å². The van der Waals surface area contributed by atoms with Crippen LogP contribution in [-0.4, -0.2) is 41.5 Å². The van der Waals surface area contributed by atoms with Gasteiger partial charge in [-0.1, -0.05) is 6.07 Å². The summed E-state index contributed by atoms with van der Waals surface area (Å²) in [5.41, 5.74) is 0.835. The van der Waals surface area contributed by atoms with E-state index in [1.165, 1.54) is 0 Å². The van der Waals surface area contributed by atoms with E-state index in [1.54, 1.807) is 35.6 Å². The average Bonchev–Trinajstić information content (AvgIpc) is 3.33. The predicted octanol–water partition coefficient (Wildman–Crippen LogP) is 4.10. The Morgan fingerprint density at radius 2 is 1.89 bits per heavy atom. The fourth-order valence-corrected chi connectivity index (χ4v) is 3.92. The Balaban J connectivity index is 1.72. The number of benzene rings is 1. The van der Waals surface area contributed by atoms with E-state index in [0.717, 1.165) is 24.3 Å². The molecule has 2 aromatic rings. The summed E-state index contributed by atoms with van der Waals surface area (Å²) in [5.74, 6) is -0.173. The van der Waals surface area contributed by atoms with E-state index in [1.807, 2.05) is 43.2 Å². The van der Waals surface area contributed by atoms with Gasteiger partial charge in [0, 0.05) is 34.7 Å². The Labute approximate surface area is 170 Å². The van der Waals surface area contributed by atoms with E-state index in [9.17, 15) is 9.59 Å². The summed E-state index contributed by atoms with van der Waals surface area (Å²) < 4.78 is 5.74. The second kappa shape index (κ2) is 8.88. The van der Waals surface area contributed by atoms with Crippen molar-refractivity contribution in [2.45, 2.75) is 51.8 Å². The van der Waals surface area contributed by atoms with Gasteiger partial charge in [-0.25, -0.2) is 0 Å². The van der Waals surface area contributed by atoms with Crippen LogP contribution < -0.4 is 5.32 Å². The molecule has 1 saturated heterocycles. The number of hydrogen-bond donors (Lipinski definition) is 1. The van der Waals surface area contributed by atoms with Crippen molar-refractivity contribution >= 4 is 23.2 Å². The number of ether oxygens (including phenoxy) is 1. The Bertz CT molecular complexity index is 788. The molecular weight excluding hydrogens is 372 g/mol. The fourth-order valence-electron chi connectivity index (χ4n) is 3.20. The molecule has 1 aromatic carbocycles. The van der Waals surface area contributed by atoms with Crippen LogP contribution in [0.3, 0.4) is 0 Å². The third-order valence-corrected chi connectivity index (χ3v) is 5.41. The smallest absolute Gasteiger partial charge is 0.254 e. The molecular formula is C22H28N2O3S. The first-order valence-corrected chi connectivity index (χ1v) is 10.6. The lowest BCUT2D eigenvalue weighted by atomic mass is 10.1. The molecule has 1 N–H and O–H groups in total. The summed E-state index contributed by atoms with van der Waals surface area (Å²) in [5, 5.41) is 4.96. The molecule has 1 fully saturated rings. The number of rotatable bonds is 6. The Hall–Kier alpha value is -2.18. The molecule has 0 radical (unpaired) electrons. The third-order valence-electron chi connectivity index (χ3n) is 4.54. The maximum Gasteiger partial charge on any atom is 0.254 e. The van der Waals surface area contributed by atoms with Crippen molar-refractivity contribution in [2.75, 3.05) is 13.2 Å².